The largest absolute Gasteiger partial charge is 0.756 e. The maximum atomic E-state index is 12.8. The molecule has 0 heterocycles. The Labute approximate surface area is 454 Å². The summed E-state index contributed by atoms with van der Waals surface area (Å²) in [6.45, 7) is 4.09. The van der Waals surface area contributed by atoms with Gasteiger partial charge in [0.2, 0.25) is 0 Å². The second kappa shape index (κ2) is 54.2. The lowest BCUT2D eigenvalue weighted by atomic mass is 10.0. The van der Waals surface area contributed by atoms with Crippen LogP contribution in [0.3, 0.4) is 0 Å². The van der Waals surface area contributed by atoms with Gasteiger partial charge in [-0.25, -0.2) is 0 Å². The standard InChI is InChI=1S/C64H108NO8P/c1-6-8-10-12-14-16-18-20-21-22-23-24-25-26-27-28-29-30-31-32-33-34-35-36-37-38-39-40-41-42-43-45-47-49-51-53-55-57-64(67)73-62(61-72-74(68,69)71-59-58-65(3,4)5)60-70-63(66)56-54-52-50-48-46-44-19-17-15-13-11-9-7-2/h8,10,14,16,20-21,23-24,26-27,29-30,32-33,35-36,38-39,41-42,62H,6-7,9,11-13,15,17-19,22,25,28,31,34,37,40,43-61H2,1-5H3/b10-8-,16-14-,21-20-,24-23-,27-26-,30-29-,33-32-,36-35-,39-38-,42-41-. The number of phosphoric ester groups is 1. The minimum atomic E-state index is -4.64. The van der Waals surface area contributed by atoms with Crippen molar-refractivity contribution in [3.8, 4) is 0 Å². The van der Waals surface area contributed by atoms with E-state index >= 15 is 0 Å². The van der Waals surface area contributed by atoms with Gasteiger partial charge in [0.05, 0.1) is 27.7 Å². The average Bonchev–Trinajstić information content (AvgIpc) is 3.36. The monoisotopic (exact) mass is 1050 g/mol. The van der Waals surface area contributed by atoms with Gasteiger partial charge in [0.15, 0.2) is 6.10 Å². The van der Waals surface area contributed by atoms with Crippen LogP contribution in [0.25, 0.3) is 0 Å². The number of carbonyl (C=O) groups is 2. The number of allylic oxidation sites excluding steroid dienone is 20. The molecule has 0 aromatic carbocycles. The Kier molecular flexibility index (Phi) is 51.6. The minimum absolute atomic E-state index is 0.0387. The molecule has 422 valence electrons. The summed E-state index contributed by atoms with van der Waals surface area (Å²) in [7, 11) is 1.14. The quantitative estimate of drug-likeness (QED) is 0.0195. The SMILES string of the molecule is CC/C=C\C/C=C\C/C=C\C/C=C\C/C=C\C/C=C\C/C=C\C/C=C\C/C=C\C/C=C\CCCCCCCCC(=O)OC(COC(=O)CCCCCCCCCCCCCCC)COP(=O)([O-])OCC[N+](C)(C)C. The lowest BCUT2D eigenvalue weighted by Gasteiger charge is -2.28. The number of unbranched alkanes of at least 4 members (excludes halogenated alkanes) is 18. The number of hydrogen-bond donors (Lipinski definition) is 0. The topological polar surface area (TPSA) is 111 Å². The fraction of sp³-hybridized carbons (Fsp3) is 0.656. The Hall–Kier alpha value is -3.59. The van der Waals surface area contributed by atoms with E-state index in [1.807, 2.05) is 21.1 Å². The molecular formula is C64H108NO8P. The maximum Gasteiger partial charge on any atom is 0.306 e. The molecule has 0 aromatic rings. The van der Waals surface area contributed by atoms with E-state index in [-0.39, 0.29) is 26.1 Å². The normalized spacial score (nSPS) is 14.2. The van der Waals surface area contributed by atoms with Crippen molar-refractivity contribution in [2.75, 3.05) is 47.5 Å². The molecule has 0 aliphatic heterocycles. The molecule has 0 saturated heterocycles. The molecule has 0 aromatic heterocycles. The molecule has 0 aliphatic rings. The first kappa shape index (κ1) is 70.4. The van der Waals surface area contributed by atoms with Crippen LogP contribution in [0, 0.1) is 0 Å². The van der Waals surface area contributed by atoms with Gasteiger partial charge in [-0.3, -0.25) is 14.2 Å². The third-order valence-electron chi connectivity index (χ3n) is 12.0. The molecule has 0 amide bonds. The number of rotatable bonds is 52. The van der Waals surface area contributed by atoms with Gasteiger partial charge in [-0.2, -0.15) is 0 Å². The van der Waals surface area contributed by atoms with E-state index < -0.39 is 32.5 Å². The lowest BCUT2D eigenvalue weighted by molar-refractivity contribution is -0.870. The van der Waals surface area contributed by atoms with Crippen LogP contribution in [0.2, 0.25) is 0 Å². The number of hydrogen-bond acceptors (Lipinski definition) is 8. The van der Waals surface area contributed by atoms with Crippen molar-refractivity contribution in [1.82, 2.24) is 0 Å². The maximum absolute atomic E-state index is 12.8. The van der Waals surface area contributed by atoms with E-state index in [1.54, 1.807) is 0 Å². The van der Waals surface area contributed by atoms with Crippen LogP contribution in [-0.2, 0) is 32.7 Å². The fourth-order valence-corrected chi connectivity index (χ4v) is 8.24. The zero-order valence-corrected chi connectivity index (χ0v) is 48.6. The lowest BCUT2D eigenvalue weighted by Crippen LogP contribution is -2.37. The third kappa shape index (κ3) is 57.7. The van der Waals surface area contributed by atoms with Crippen LogP contribution in [0.15, 0.2) is 122 Å². The van der Waals surface area contributed by atoms with Gasteiger partial charge in [-0.1, -0.05) is 238 Å². The first-order valence-electron chi connectivity index (χ1n) is 29.2. The molecule has 0 saturated carbocycles. The summed E-state index contributed by atoms with van der Waals surface area (Å²) in [4.78, 5) is 37.8. The highest BCUT2D eigenvalue weighted by Crippen LogP contribution is 2.38. The number of likely N-dealkylation sites (N-methyl/N-ethyl adjacent to an activating group) is 1. The Morgan fingerprint density at radius 2 is 0.770 bits per heavy atom. The second-order valence-electron chi connectivity index (χ2n) is 20.3. The van der Waals surface area contributed by atoms with Crippen molar-refractivity contribution in [3.05, 3.63) is 122 Å². The van der Waals surface area contributed by atoms with Gasteiger partial charge in [0, 0.05) is 12.8 Å². The van der Waals surface area contributed by atoms with E-state index in [0.29, 0.717) is 17.4 Å². The van der Waals surface area contributed by atoms with Crippen LogP contribution in [0.1, 0.15) is 219 Å². The Morgan fingerprint density at radius 1 is 0.432 bits per heavy atom. The molecular weight excluding hydrogens is 942 g/mol. The zero-order chi connectivity index (χ0) is 54.2. The highest BCUT2D eigenvalue weighted by atomic mass is 31.2. The number of esters is 2. The molecule has 0 fully saturated rings. The molecule has 0 spiro atoms. The van der Waals surface area contributed by atoms with Crippen molar-refractivity contribution >= 4 is 19.8 Å². The van der Waals surface area contributed by atoms with Gasteiger partial charge >= 0.3 is 11.9 Å². The van der Waals surface area contributed by atoms with Gasteiger partial charge in [0.1, 0.15) is 19.8 Å². The highest BCUT2D eigenvalue weighted by Gasteiger charge is 2.21. The van der Waals surface area contributed by atoms with E-state index in [4.69, 9.17) is 18.5 Å². The Balaban J connectivity index is 4.17. The van der Waals surface area contributed by atoms with E-state index in [1.165, 1.54) is 64.2 Å². The molecule has 10 heteroatoms. The summed E-state index contributed by atoms with van der Waals surface area (Å²) in [5.41, 5.74) is 0. The molecule has 74 heavy (non-hydrogen) atoms. The average molecular weight is 1050 g/mol. The molecule has 0 bridgehead atoms. The summed E-state index contributed by atoms with van der Waals surface area (Å²) >= 11 is 0. The molecule has 0 rings (SSSR count). The number of phosphoric acid groups is 1. The first-order valence-corrected chi connectivity index (χ1v) is 30.7. The summed E-state index contributed by atoms with van der Waals surface area (Å²) in [5, 5.41) is 0. The smallest absolute Gasteiger partial charge is 0.306 e. The fourth-order valence-electron chi connectivity index (χ4n) is 7.51. The van der Waals surface area contributed by atoms with Gasteiger partial charge in [0.25, 0.3) is 7.82 Å². The molecule has 0 aliphatic carbocycles. The van der Waals surface area contributed by atoms with Crippen LogP contribution in [0.5, 0.6) is 0 Å². The van der Waals surface area contributed by atoms with Crippen molar-refractivity contribution in [2.45, 2.75) is 225 Å². The number of nitrogens with zero attached hydrogens (tertiary/aromatic N) is 1. The Bertz CT molecular complexity index is 1660. The first-order chi connectivity index (χ1) is 36.0. The van der Waals surface area contributed by atoms with Gasteiger partial charge in [-0.15, -0.1) is 0 Å². The minimum Gasteiger partial charge on any atom is -0.756 e. The summed E-state index contributed by atoms with van der Waals surface area (Å²) in [5.74, 6) is -0.855. The summed E-state index contributed by atoms with van der Waals surface area (Å²) < 4.78 is 34.1. The number of ether oxygens (including phenoxy) is 2. The predicted octanol–water partition coefficient (Wildman–Crippen LogP) is 17.7. The summed E-state index contributed by atoms with van der Waals surface area (Å²) in [6, 6.07) is 0. The van der Waals surface area contributed by atoms with Crippen LogP contribution in [-0.4, -0.2) is 70.0 Å². The van der Waals surface area contributed by atoms with Gasteiger partial charge in [-0.05, 0) is 89.9 Å². The predicted molar refractivity (Wildman–Crippen MR) is 314 cm³/mol. The third-order valence-corrected chi connectivity index (χ3v) is 13.0. The zero-order valence-electron chi connectivity index (χ0n) is 47.7. The van der Waals surface area contributed by atoms with Crippen molar-refractivity contribution in [3.63, 3.8) is 0 Å². The Morgan fingerprint density at radius 3 is 1.15 bits per heavy atom. The van der Waals surface area contributed by atoms with E-state index in [9.17, 15) is 19.0 Å². The van der Waals surface area contributed by atoms with Crippen molar-refractivity contribution in [1.29, 1.82) is 0 Å². The van der Waals surface area contributed by atoms with Crippen molar-refractivity contribution < 1.29 is 42.1 Å². The van der Waals surface area contributed by atoms with Crippen LogP contribution >= 0.6 is 7.82 Å². The highest BCUT2D eigenvalue weighted by molar-refractivity contribution is 7.45. The molecule has 9 nitrogen and oxygen atoms in total. The summed E-state index contributed by atoms with van der Waals surface area (Å²) in [6.07, 6.45) is 76.8. The van der Waals surface area contributed by atoms with E-state index in [0.717, 1.165) is 122 Å². The van der Waals surface area contributed by atoms with Crippen molar-refractivity contribution in [2.24, 2.45) is 0 Å². The number of quaternary nitrogens is 1. The number of carbonyl (C=O) groups excluding carboxylic acids is 2. The van der Waals surface area contributed by atoms with Crippen LogP contribution < -0.4 is 4.89 Å². The molecule has 2 atom stereocenters. The second-order valence-corrected chi connectivity index (χ2v) is 21.7. The molecule has 2 unspecified atom stereocenters. The van der Waals surface area contributed by atoms with E-state index in [2.05, 4.69) is 135 Å². The molecule has 0 N–H and O–H groups in total. The molecule has 0 radical (unpaired) electrons. The van der Waals surface area contributed by atoms with Gasteiger partial charge < -0.3 is 27.9 Å². The van der Waals surface area contributed by atoms with Crippen LogP contribution in [0.4, 0.5) is 0 Å².